The van der Waals surface area contributed by atoms with Crippen molar-refractivity contribution in [1.82, 2.24) is 15.5 Å². The van der Waals surface area contributed by atoms with Crippen LogP contribution in [-0.4, -0.2) is 23.8 Å². The number of rotatable bonds is 6. The van der Waals surface area contributed by atoms with Crippen LogP contribution in [0.25, 0.3) is 0 Å². The second kappa shape index (κ2) is 6.85. The number of hydrogen-bond acceptors (Lipinski definition) is 5. The minimum Gasteiger partial charge on any atom is -0.373 e. The fraction of sp³-hybridized carbons (Fsp3) is 0.846. The van der Waals surface area contributed by atoms with Crippen LogP contribution in [0.1, 0.15) is 56.8 Å². The maximum Gasteiger partial charge on any atom is 0.240 e. The van der Waals surface area contributed by atoms with Gasteiger partial charge in [-0.3, -0.25) is 0 Å². The molecule has 0 saturated heterocycles. The van der Waals surface area contributed by atoms with Crippen LogP contribution in [0.15, 0.2) is 4.52 Å². The molecule has 1 saturated carbocycles. The maximum absolute atomic E-state index is 5.59. The lowest BCUT2D eigenvalue weighted by molar-refractivity contribution is 0.0273. The maximum atomic E-state index is 5.59. The van der Waals surface area contributed by atoms with Gasteiger partial charge in [0.15, 0.2) is 0 Å². The van der Waals surface area contributed by atoms with Crippen LogP contribution in [0, 0.1) is 5.92 Å². The normalized spacial score (nSPS) is 19.0. The molecule has 1 atom stereocenters. The predicted molar refractivity (Wildman–Crippen MR) is 68.0 cm³/mol. The van der Waals surface area contributed by atoms with Gasteiger partial charge in [-0.1, -0.05) is 31.3 Å². The lowest BCUT2D eigenvalue weighted by Gasteiger charge is -2.26. The monoisotopic (exact) mass is 253 g/mol. The Morgan fingerprint density at radius 2 is 2.17 bits per heavy atom. The molecule has 18 heavy (non-hydrogen) atoms. The smallest absolute Gasteiger partial charge is 0.240 e. The number of aromatic nitrogens is 2. The van der Waals surface area contributed by atoms with Crippen LogP contribution in [0.4, 0.5) is 0 Å². The Kier molecular flexibility index (Phi) is 5.13. The molecule has 1 aliphatic carbocycles. The van der Waals surface area contributed by atoms with Crippen LogP contribution < -0.4 is 5.32 Å². The third-order valence-electron chi connectivity index (χ3n) is 3.60. The molecule has 0 amide bonds. The van der Waals surface area contributed by atoms with Crippen LogP contribution in [0.2, 0.25) is 0 Å². The third-order valence-corrected chi connectivity index (χ3v) is 3.60. The molecule has 1 N–H and O–H groups in total. The van der Waals surface area contributed by atoms with Gasteiger partial charge in [-0.2, -0.15) is 4.98 Å². The average molecular weight is 253 g/mol. The summed E-state index contributed by atoms with van der Waals surface area (Å²) in [5.41, 5.74) is 0. The summed E-state index contributed by atoms with van der Waals surface area (Å²) in [4.78, 5) is 4.43. The summed E-state index contributed by atoms with van der Waals surface area (Å²) in [7, 11) is 1.74. The van der Waals surface area contributed by atoms with Gasteiger partial charge < -0.3 is 14.6 Å². The van der Waals surface area contributed by atoms with Gasteiger partial charge in [-0.15, -0.1) is 0 Å². The molecule has 5 nitrogen and oxygen atoms in total. The highest BCUT2D eigenvalue weighted by Crippen LogP contribution is 2.35. The van der Waals surface area contributed by atoms with E-state index in [-0.39, 0.29) is 6.10 Å². The third kappa shape index (κ3) is 3.29. The Labute approximate surface area is 108 Å². The molecule has 1 aromatic rings. The first-order chi connectivity index (χ1) is 8.85. The molecule has 1 aliphatic rings. The van der Waals surface area contributed by atoms with E-state index in [0.717, 1.165) is 6.54 Å². The summed E-state index contributed by atoms with van der Waals surface area (Å²) in [6, 6.07) is 0. The molecule has 0 aliphatic heterocycles. The second-order valence-corrected chi connectivity index (χ2v) is 4.88. The van der Waals surface area contributed by atoms with Crippen molar-refractivity contribution in [3.8, 4) is 0 Å². The molecule has 0 aromatic carbocycles. The summed E-state index contributed by atoms with van der Waals surface area (Å²) in [5, 5.41) is 7.24. The van der Waals surface area contributed by atoms with Crippen molar-refractivity contribution in [2.24, 2.45) is 5.92 Å². The Balaban J connectivity index is 1.99. The van der Waals surface area contributed by atoms with Crippen LogP contribution in [-0.2, 0) is 11.3 Å². The minimum atomic E-state index is -0.00979. The topological polar surface area (TPSA) is 60.2 Å². The van der Waals surface area contributed by atoms with E-state index in [4.69, 9.17) is 9.26 Å². The van der Waals surface area contributed by atoms with Gasteiger partial charge in [0, 0.05) is 7.11 Å². The van der Waals surface area contributed by atoms with Crippen molar-refractivity contribution >= 4 is 0 Å². The Morgan fingerprint density at radius 3 is 2.83 bits per heavy atom. The molecule has 1 aromatic heterocycles. The highest BCUT2D eigenvalue weighted by molar-refractivity contribution is 4.94. The van der Waals surface area contributed by atoms with Gasteiger partial charge in [0.05, 0.1) is 6.54 Å². The van der Waals surface area contributed by atoms with Crippen LogP contribution in [0.3, 0.4) is 0 Å². The van der Waals surface area contributed by atoms with Crippen molar-refractivity contribution < 1.29 is 9.26 Å². The van der Waals surface area contributed by atoms with E-state index in [0.29, 0.717) is 24.2 Å². The van der Waals surface area contributed by atoms with Crippen molar-refractivity contribution in [2.45, 2.75) is 51.7 Å². The molecule has 0 spiro atoms. The lowest BCUT2D eigenvalue weighted by atomic mass is 9.85. The number of nitrogens with one attached hydrogen (secondary N) is 1. The molecular weight excluding hydrogens is 230 g/mol. The summed E-state index contributed by atoms with van der Waals surface area (Å²) in [6.07, 6.45) is 6.30. The molecule has 2 rings (SSSR count). The number of methoxy groups -OCH3 is 1. The minimum absolute atomic E-state index is 0.00979. The van der Waals surface area contributed by atoms with Gasteiger partial charge in [0.2, 0.25) is 11.7 Å². The average Bonchev–Trinajstić information content (AvgIpc) is 2.87. The van der Waals surface area contributed by atoms with Gasteiger partial charge in [-0.05, 0) is 25.3 Å². The van der Waals surface area contributed by atoms with Crippen LogP contribution >= 0.6 is 0 Å². The Morgan fingerprint density at radius 1 is 1.39 bits per heavy atom. The zero-order chi connectivity index (χ0) is 12.8. The fourth-order valence-electron chi connectivity index (χ4n) is 2.63. The van der Waals surface area contributed by atoms with E-state index < -0.39 is 0 Å². The van der Waals surface area contributed by atoms with Gasteiger partial charge >= 0.3 is 0 Å². The molecule has 102 valence electrons. The van der Waals surface area contributed by atoms with E-state index in [1.54, 1.807) is 7.11 Å². The van der Waals surface area contributed by atoms with E-state index in [1.165, 1.54) is 32.1 Å². The lowest BCUT2D eigenvalue weighted by Crippen LogP contribution is -2.19. The molecule has 1 fully saturated rings. The highest BCUT2D eigenvalue weighted by atomic mass is 16.5. The first-order valence-corrected chi connectivity index (χ1v) is 6.91. The van der Waals surface area contributed by atoms with Gasteiger partial charge in [0.1, 0.15) is 6.10 Å². The molecule has 1 heterocycles. The first-order valence-electron chi connectivity index (χ1n) is 6.91. The van der Waals surface area contributed by atoms with Crippen molar-refractivity contribution in [1.29, 1.82) is 0 Å². The summed E-state index contributed by atoms with van der Waals surface area (Å²) < 4.78 is 10.8. The number of ether oxygens (including phenoxy) is 1. The van der Waals surface area contributed by atoms with E-state index in [1.807, 2.05) is 0 Å². The van der Waals surface area contributed by atoms with E-state index in [2.05, 4.69) is 22.4 Å². The zero-order valence-electron chi connectivity index (χ0n) is 11.3. The summed E-state index contributed by atoms with van der Waals surface area (Å²) >= 11 is 0. The SMILES string of the molecule is CCNCc1nc(C(OC)C2CCCCC2)no1. The van der Waals surface area contributed by atoms with Crippen LogP contribution in [0.5, 0.6) is 0 Å². The number of nitrogens with zero attached hydrogens (tertiary/aromatic N) is 2. The second-order valence-electron chi connectivity index (χ2n) is 4.88. The zero-order valence-corrected chi connectivity index (χ0v) is 11.3. The summed E-state index contributed by atoms with van der Waals surface area (Å²) in [5.74, 6) is 1.88. The van der Waals surface area contributed by atoms with Gasteiger partial charge in [-0.25, -0.2) is 0 Å². The Bertz CT molecular complexity index is 348. The van der Waals surface area contributed by atoms with E-state index in [9.17, 15) is 0 Å². The van der Waals surface area contributed by atoms with Crippen molar-refractivity contribution in [2.75, 3.05) is 13.7 Å². The summed E-state index contributed by atoms with van der Waals surface area (Å²) in [6.45, 7) is 3.58. The molecule has 1 unspecified atom stereocenters. The standard InChI is InChI=1S/C13H23N3O2/c1-3-14-9-11-15-13(16-18-11)12(17-2)10-7-5-4-6-8-10/h10,12,14H,3-9H2,1-2H3. The van der Waals surface area contributed by atoms with Crippen molar-refractivity contribution in [3.63, 3.8) is 0 Å². The number of hydrogen-bond donors (Lipinski definition) is 1. The van der Waals surface area contributed by atoms with Gasteiger partial charge in [0.25, 0.3) is 0 Å². The highest BCUT2D eigenvalue weighted by Gasteiger charge is 2.28. The predicted octanol–water partition coefficient (Wildman–Crippen LogP) is 2.45. The largest absolute Gasteiger partial charge is 0.373 e. The molecule has 5 heteroatoms. The quantitative estimate of drug-likeness (QED) is 0.843. The molecule has 0 bridgehead atoms. The molecule has 0 radical (unpaired) electrons. The first kappa shape index (κ1) is 13.5. The Hall–Kier alpha value is -0.940. The fourth-order valence-corrected chi connectivity index (χ4v) is 2.63. The van der Waals surface area contributed by atoms with E-state index >= 15 is 0 Å². The van der Waals surface area contributed by atoms with Crippen molar-refractivity contribution in [3.05, 3.63) is 11.7 Å². The molecular formula is C13H23N3O2.